The second-order valence-corrected chi connectivity index (χ2v) is 7.04. The van der Waals surface area contributed by atoms with Gasteiger partial charge in [0.1, 0.15) is 5.82 Å². The Morgan fingerprint density at radius 2 is 1.74 bits per heavy atom. The van der Waals surface area contributed by atoms with Crippen LogP contribution >= 0.6 is 0 Å². The molecule has 31 heavy (non-hydrogen) atoms. The molecule has 7 nitrogen and oxygen atoms in total. The molecule has 0 fully saturated rings. The Hall–Kier alpha value is -4.52. The number of aromatic nitrogens is 2. The molecule has 0 radical (unpaired) electrons. The lowest BCUT2D eigenvalue weighted by molar-refractivity contribution is -0.110. The largest absolute Gasteiger partial charge is 0.478 e. The maximum absolute atomic E-state index is 13.4. The molecule has 1 aliphatic heterocycles. The van der Waals surface area contributed by atoms with E-state index in [9.17, 15) is 19.5 Å². The molecule has 1 aliphatic rings. The lowest BCUT2D eigenvalue weighted by atomic mass is 10.1. The molecular formula is C24H15N3O4. The van der Waals surface area contributed by atoms with Gasteiger partial charge in [-0.05, 0) is 42.5 Å². The number of fused-ring (bicyclic) bond motifs is 2. The van der Waals surface area contributed by atoms with Crippen molar-refractivity contribution in [2.75, 3.05) is 5.32 Å². The molecule has 150 valence electrons. The van der Waals surface area contributed by atoms with Crippen LogP contribution in [0.5, 0.6) is 0 Å². The second-order valence-electron chi connectivity index (χ2n) is 7.04. The van der Waals surface area contributed by atoms with E-state index in [1.54, 1.807) is 48.5 Å². The Kier molecular flexibility index (Phi) is 4.22. The van der Waals surface area contributed by atoms with Gasteiger partial charge in [-0.25, -0.2) is 9.78 Å². The Morgan fingerprint density at radius 1 is 0.968 bits per heavy atom. The molecule has 1 aromatic heterocycles. The summed E-state index contributed by atoms with van der Waals surface area (Å²) in [5.41, 5.74) is 2.29. The average Bonchev–Trinajstić information content (AvgIpc) is 3.09. The molecule has 4 aromatic rings. The van der Waals surface area contributed by atoms with Crippen LogP contribution in [0, 0.1) is 0 Å². The molecule has 0 bridgehead atoms. The van der Waals surface area contributed by atoms with E-state index in [1.807, 2.05) is 18.2 Å². The molecule has 0 saturated carbocycles. The summed E-state index contributed by atoms with van der Waals surface area (Å²) in [6.45, 7) is 0. The van der Waals surface area contributed by atoms with Gasteiger partial charge in [-0.1, -0.05) is 36.4 Å². The Morgan fingerprint density at radius 3 is 2.58 bits per heavy atom. The standard InChI is InChI=1S/C24H15N3O4/c28-22-18(16-8-1-3-10-19(16)26-22)13-21-25-20-11-4-2-9-17(20)23(29)27(21)15-7-5-6-14(12-15)24(30)31/h1-13H,(H,26,28)(H,30,31)/b18-13+. The fraction of sp³-hybridized carbons (Fsp3) is 0. The van der Waals surface area contributed by atoms with Gasteiger partial charge in [-0.2, -0.15) is 0 Å². The molecule has 1 amide bonds. The first-order chi connectivity index (χ1) is 15.0. The molecule has 0 saturated heterocycles. The average molecular weight is 409 g/mol. The third-order valence-electron chi connectivity index (χ3n) is 5.14. The number of carboxylic acids is 1. The Labute approximate surface area is 175 Å². The minimum Gasteiger partial charge on any atom is -0.478 e. The molecular weight excluding hydrogens is 394 g/mol. The number of nitrogens with one attached hydrogen (secondary N) is 1. The summed E-state index contributed by atoms with van der Waals surface area (Å²) < 4.78 is 1.33. The molecule has 3 aromatic carbocycles. The van der Waals surface area contributed by atoms with Crippen molar-refractivity contribution in [3.8, 4) is 5.69 Å². The lowest BCUT2D eigenvalue weighted by Crippen LogP contribution is -2.23. The highest BCUT2D eigenvalue weighted by atomic mass is 16.4. The van der Waals surface area contributed by atoms with E-state index >= 15 is 0 Å². The second kappa shape index (κ2) is 7.07. The summed E-state index contributed by atoms with van der Waals surface area (Å²) in [5, 5.41) is 12.6. The molecule has 7 heteroatoms. The first-order valence-corrected chi connectivity index (χ1v) is 9.51. The molecule has 0 spiro atoms. The van der Waals surface area contributed by atoms with Crippen molar-refractivity contribution in [3.63, 3.8) is 0 Å². The van der Waals surface area contributed by atoms with Gasteiger partial charge in [-0.15, -0.1) is 0 Å². The Bertz CT molecular complexity index is 1480. The van der Waals surface area contributed by atoms with Crippen molar-refractivity contribution in [2.24, 2.45) is 0 Å². The van der Waals surface area contributed by atoms with E-state index < -0.39 is 5.97 Å². The summed E-state index contributed by atoms with van der Waals surface area (Å²) >= 11 is 0. The minimum absolute atomic E-state index is 0.0418. The molecule has 0 atom stereocenters. The minimum atomic E-state index is -1.10. The maximum atomic E-state index is 13.4. The van der Waals surface area contributed by atoms with Gasteiger partial charge in [0.25, 0.3) is 11.5 Å². The smallest absolute Gasteiger partial charge is 0.335 e. The predicted octanol–water partition coefficient (Wildman–Crippen LogP) is 3.58. The number of carbonyl (C=O) groups is 2. The SMILES string of the molecule is O=C1Nc2ccccc2/C1=C\c1nc2ccccc2c(=O)n1-c1cccc(C(=O)O)c1. The van der Waals surface area contributed by atoms with Crippen LogP contribution in [0.3, 0.4) is 0 Å². The zero-order valence-corrected chi connectivity index (χ0v) is 16.1. The van der Waals surface area contributed by atoms with Crippen molar-refractivity contribution >= 4 is 40.1 Å². The fourth-order valence-electron chi connectivity index (χ4n) is 3.69. The van der Waals surface area contributed by atoms with E-state index in [4.69, 9.17) is 0 Å². The Balaban J connectivity index is 1.82. The van der Waals surface area contributed by atoms with Crippen molar-refractivity contribution in [1.29, 1.82) is 0 Å². The van der Waals surface area contributed by atoms with Crippen LogP contribution in [0.2, 0.25) is 0 Å². The molecule has 0 unspecified atom stereocenters. The zero-order chi connectivity index (χ0) is 21.5. The number of benzene rings is 3. The van der Waals surface area contributed by atoms with Crippen molar-refractivity contribution in [3.05, 3.63) is 100 Å². The highest BCUT2D eigenvalue weighted by Gasteiger charge is 2.24. The van der Waals surface area contributed by atoms with Crippen LogP contribution in [0.1, 0.15) is 21.7 Å². The number of rotatable bonds is 3. The quantitative estimate of drug-likeness (QED) is 0.504. The van der Waals surface area contributed by atoms with Gasteiger partial charge < -0.3 is 10.4 Å². The van der Waals surface area contributed by atoms with Gasteiger partial charge in [0.15, 0.2) is 0 Å². The molecule has 2 N–H and O–H groups in total. The summed E-state index contributed by atoms with van der Waals surface area (Å²) in [7, 11) is 0. The van der Waals surface area contributed by atoms with Gasteiger partial charge >= 0.3 is 5.97 Å². The van der Waals surface area contributed by atoms with Gasteiger partial charge in [0, 0.05) is 11.3 Å². The molecule has 0 aliphatic carbocycles. The number of hydrogen-bond donors (Lipinski definition) is 2. The van der Waals surface area contributed by atoms with E-state index in [0.29, 0.717) is 33.4 Å². The van der Waals surface area contributed by atoms with E-state index in [1.165, 1.54) is 16.7 Å². The molecule has 5 rings (SSSR count). The number of amides is 1. The summed E-state index contributed by atoms with van der Waals surface area (Å²) in [5.74, 6) is -1.17. The lowest BCUT2D eigenvalue weighted by Gasteiger charge is -2.12. The first-order valence-electron chi connectivity index (χ1n) is 9.51. The number of para-hydroxylation sites is 2. The van der Waals surface area contributed by atoms with Crippen LogP contribution in [0.15, 0.2) is 77.6 Å². The van der Waals surface area contributed by atoms with Crippen LogP contribution in [0.25, 0.3) is 28.2 Å². The fourth-order valence-corrected chi connectivity index (χ4v) is 3.69. The normalized spacial score (nSPS) is 13.9. The van der Waals surface area contributed by atoms with Gasteiger partial charge in [-0.3, -0.25) is 14.2 Å². The zero-order valence-electron chi connectivity index (χ0n) is 16.1. The van der Waals surface area contributed by atoms with Crippen molar-refractivity contribution in [2.45, 2.75) is 0 Å². The monoisotopic (exact) mass is 409 g/mol. The van der Waals surface area contributed by atoms with Crippen LogP contribution in [0.4, 0.5) is 5.69 Å². The van der Waals surface area contributed by atoms with E-state index in [0.717, 1.165) is 0 Å². The van der Waals surface area contributed by atoms with Crippen LogP contribution in [-0.2, 0) is 4.79 Å². The number of hydrogen-bond acceptors (Lipinski definition) is 4. The first kappa shape index (κ1) is 18.5. The van der Waals surface area contributed by atoms with Crippen molar-refractivity contribution < 1.29 is 14.7 Å². The third kappa shape index (κ3) is 3.08. The highest BCUT2D eigenvalue weighted by molar-refractivity contribution is 6.34. The predicted molar refractivity (Wildman–Crippen MR) is 117 cm³/mol. The summed E-state index contributed by atoms with van der Waals surface area (Å²) in [4.78, 5) is 42.1. The molecule has 2 heterocycles. The highest BCUT2D eigenvalue weighted by Crippen LogP contribution is 2.32. The van der Waals surface area contributed by atoms with Gasteiger partial charge in [0.05, 0.1) is 27.7 Å². The number of anilines is 1. The van der Waals surface area contributed by atoms with Gasteiger partial charge in [0.2, 0.25) is 0 Å². The van der Waals surface area contributed by atoms with Crippen LogP contribution in [-0.4, -0.2) is 26.5 Å². The number of aromatic carboxylic acids is 1. The van der Waals surface area contributed by atoms with Crippen molar-refractivity contribution in [1.82, 2.24) is 9.55 Å². The third-order valence-corrected chi connectivity index (χ3v) is 5.14. The number of carboxylic acid groups (broad SMARTS) is 1. The van der Waals surface area contributed by atoms with E-state index in [2.05, 4.69) is 10.3 Å². The number of nitrogens with zero attached hydrogens (tertiary/aromatic N) is 2. The maximum Gasteiger partial charge on any atom is 0.335 e. The summed E-state index contributed by atoms with van der Waals surface area (Å²) in [6.07, 6.45) is 1.56. The topological polar surface area (TPSA) is 101 Å². The van der Waals surface area contributed by atoms with Crippen LogP contribution < -0.4 is 10.9 Å². The number of carbonyl (C=O) groups excluding carboxylic acids is 1. The summed E-state index contributed by atoms with van der Waals surface area (Å²) in [6, 6.07) is 20.2. The van der Waals surface area contributed by atoms with E-state index in [-0.39, 0.29) is 22.9 Å².